The van der Waals surface area contributed by atoms with E-state index in [0.29, 0.717) is 16.6 Å². The molecule has 1 unspecified atom stereocenters. The van der Waals surface area contributed by atoms with Gasteiger partial charge in [-0.05, 0) is 30.3 Å². The molecule has 1 aliphatic heterocycles. The topological polar surface area (TPSA) is 64.6 Å². The molecule has 0 aliphatic carbocycles. The predicted octanol–water partition coefficient (Wildman–Crippen LogP) is 5.10. The lowest BCUT2D eigenvalue weighted by atomic mass is 10.2. The maximum atomic E-state index is 13.1. The number of hydrogen-bond acceptors (Lipinski definition) is 8. The van der Waals surface area contributed by atoms with Crippen LogP contribution in [0.15, 0.2) is 70.6 Å². The highest BCUT2D eigenvalue weighted by Crippen LogP contribution is 2.41. The highest BCUT2D eigenvalue weighted by Gasteiger charge is 2.37. The number of anilines is 1. The number of methoxy groups -OCH3 is 1. The standard InChI is InChI=1S/C21H15N3O3S3/c1-26-15-9-10-22-17-18(15)27-21(28)24(19(17)25)20-23-14-8-7-13(11-16(14)30-20)29-12-5-3-2-4-6-12/h2-11,21,28H,1H3. The van der Waals surface area contributed by atoms with Crippen molar-refractivity contribution in [2.45, 2.75) is 15.4 Å². The molecule has 0 N–H and O–H groups in total. The number of nitrogens with zero attached hydrogens (tertiary/aromatic N) is 3. The molecule has 2 aromatic heterocycles. The summed E-state index contributed by atoms with van der Waals surface area (Å²) in [4.78, 5) is 25.6. The number of amides is 1. The molecular formula is C21H15N3O3S3. The number of carbonyl (C=O) groups is 1. The minimum Gasteiger partial charge on any atom is -0.493 e. The van der Waals surface area contributed by atoms with Crippen LogP contribution in [0.25, 0.3) is 10.2 Å². The minimum atomic E-state index is -0.832. The summed E-state index contributed by atoms with van der Waals surface area (Å²) in [5.41, 5.74) is 0.159. The molecule has 0 radical (unpaired) electrons. The fourth-order valence-corrected chi connectivity index (χ4v) is 5.47. The van der Waals surface area contributed by atoms with E-state index in [1.807, 2.05) is 30.3 Å². The van der Waals surface area contributed by atoms with Crippen molar-refractivity contribution in [1.82, 2.24) is 9.97 Å². The van der Waals surface area contributed by atoms with Gasteiger partial charge < -0.3 is 9.47 Å². The largest absolute Gasteiger partial charge is 0.493 e. The van der Waals surface area contributed by atoms with Crippen LogP contribution in [-0.2, 0) is 0 Å². The smallest absolute Gasteiger partial charge is 0.286 e. The molecule has 0 saturated carbocycles. The van der Waals surface area contributed by atoms with E-state index in [4.69, 9.17) is 9.47 Å². The van der Waals surface area contributed by atoms with Crippen molar-refractivity contribution in [3.63, 3.8) is 0 Å². The molecule has 9 heteroatoms. The van der Waals surface area contributed by atoms with E-state index in [0.717, 1.165) is 20.0 Å². The third-order valence-electron chi connectivity index (χ3n) is 4.49. The molecule has 0 fully saturated rings. The molecule has 1 atom stereocenters. The number of pyridine rings is 1. The van der Waals surface area contributed by atoms with Crippen LogP contribution in [0.2, 0.25) is 0 Å². The first kappa shape index (κ1) is 19.2. The van der Waals surface area contributed by atoms with Gasteiger partial charge in [0.1, 0.15) is 0 Å². The Morgan fingerprint density at radius 3 is 2.80 bits per heavy atom. The van der Waals surface area contributed by atoms with Crippen LogP contribution in [-0.4, -0.2) is 28.5 Å². The number of benzene rings is 2. The number of thiol groups is 1. The molecule has 0 spiro atoms. The van der Waals surface area contributed by atoms with E-state index < -0.39 is 5.56 Å². The van der Waals surface area contributed by atoms with Crippen molar-refractivity contribution < 1.29 is 14.3 Å². The third-order valence-corrected chi connectivity index (χ3v) is 6.84. The summed E-state index contributed by atoms with van der Waals surface area (Å²) < 4.78 is 12.1. The van der Waals surface area contributed by atoms with Gasteiger partial charge in [-0.2, -0.15) is 0 Å². The van der Waals surface area contributed by atoms with Crippen LogP contribution in [0.4, 0.5) is 5.13 Å². The lowest BCUT2D eigenvalue weighted by molar-refractivity contribution is 0.0911. The lowest BCUT2D eigenvalue weighted by Crippen LogP contribution is -2.45. The van der Waals surface area contributed by atoms with Crippen LogP contribution >= 0.6 is 35.7 Å². The van der Waals surface area contributed by atoms with Gasteiger partial charge in [-0.25, -0.2) is 14.9 Å². The van der Waals surface area contributed by atoms with Gasteiger partial charge >= 0.3 is 0 Å². The summed E-state index contributed by atoms with van der Waals surface area (Å²) in [6.07, 6.45) is 1.52. The number of aromatic nitrogens is 2. The Balaban J connectivity index is 1.49. The summed E-state index contributed by atoms with van der Waals surface area (Å²) in [6.45, 7) is 0. The number of rotatable bonds is 4. The summed E-state index contributed by atoms with van der Waals surface area (Å²) in [5.74, 6) is 0.413. The molecule has 150 valence electrons. The second kappa shape index (κ2) is 7.82. The Morgan fingerprint density at radius 2 is 2.00 bits per heavy atom. The molecule has 0 saturated heterocycles. The Bertz CT molecular complexity index is 1250. The number of hydrogen-bond donors (Lipinski definition) is 1. The Labute approximate surface area is 186 Å². The van der Waals surface area contributed by atoms with Crippen LogP contribution in [0, 0.1) is 0 Å². The van der Waals surface area contributed by atoms with Gasteiger partial charge in [0.25, 0.3) is 5.91 Å². The second-order valence-electron chi connectivity index (χ2n) is 6.35. The minimum absolute atomic E-state index is 0.180. The molecule has 4 aromatic rings. The van der Waals surface area contributed by atoms with E-state index in [1.165, 1.54) is 29.5 Å². The summed E-state index contributed by atoms with van der Waals surface area (Å²) in [5, 5.41) is 0.507. The molecule has 2 aromatic carbocycles. The van der Waals surface area contributed by atoms with Crippen molar-refractivity contribution in [3.8, 4) is 11.5 Å². The third kappa shape index (κ3) is 3.38. The van der Waals surface area contributed by atoms with Gasteiger partial charge in [0.05, 0.1) is 17.3 Å². The van der Waals surface area contributed by atoms with Gasteiger partial charge in [-0.3, -0.25) is 4.79 Å². The lowest BCUT2D eigenvalue weighted by Gasteiger charge is -2.31. The molecule has 6 nitrogen and oxygen atoms in total. The first-order valence-corrected chi connectivity index (χ1v) is 11.1. The van der Waals surface area contributed by atoms with Gasteiger partial charge in [-0.15, -0.1) is 12.6 Å². The fourth-order valence-electron chi connectivity index (χ4n) is 3.10. The highest BCUT2D eigenvalue weighted by molar-refractivity contribution is 7.99. The zero-order valence-electron chi connectivity index (χ0n) is 15.7. The van der Waals surface area contributed by atoms with E-state index in [1.54, 1.807) is 17.8 Å². The molecular weight excluding hydrogens is 438 g/mol. The van der Waals surface area contributed by atoms with Gasteiger partial charge in [0.15, 0.2) is 22.3 Å². The van der Waals surface area contributed by atoms with Gasteiger partial charge in [-0.1, -0.05) is 41.3 Å². The quantitative estimate of drug-likeness (QED) is 0.434. The number of fused-ring (bicyclic) bond motifs is 2. The Kier molecular flexibility index (Phi) is 5.01. The first-order valence-electron chi connectivity index (χ1n) is 8.99. The van der Waals surface area contributed by atoms with E-state index in [-0.39, 0.29) is 11.6 Å². The monoisotopic (exact) mass is 453 g/mol. The molecule has 0 bridgehead atoms. The number of ether oxygens (including phenoxy) is 2. The van der Waals surface area contributed by atoms with Crippen molar-refractivity contribution in [2.24, 2.45) is 0 Å². The molecule has 3 heterocycles. The molecule has 5 rings (SSSR count). The second-order valence-corrected chi connectivity index (χ2v) is 8.95. The number of carbonyl (C=O) groups excluding carboxylic acids is 1. The van der Waals surface area contributed by atoms with E-state index in [2.05, 4.69) is 40.8 Å². The summed E-state index contributed by atoms with van der Waals surface area (Å²) >= 11 is 7.56. The Morgan fingerprint density at radius 1 is 1.17 bits per heavy atom. The first-order chi connectivity index (χ1) is 14.6. The molecule has 30 heavy (non-hydrogen) atoms. The van der Waals surface area contributed by atoms with Crippen LogP contribution < -0.4 is 14.4 Å². The van der Waals surface area contributed by atoms with Gasteiger partial charge in [0, 0.05) is 22.1 Å². The maximum Gasteiger partial charge on any atom is 0.286 e. The average molecular weight is 454 g/mol. The zero-order valence-corrected chi connectivity index (χ0v) is 18.2. The summed E-state index contributed by atoms with van der Waals surface area (Å²) in [6, 6.07) is 17.9. The molecule has 1 aliphatic rings. The van der Waals surface area contributed by atoms with Crippen LogP contribution in [0.1, 0.15) is 10.5 Å². The van der Waals surface area contributed by atoms with Crippen molar-refractivity contribution in [2.75, 3.05) is 12.0 Å². The van der Waals surface area contributed by atoms with Crippen LogP contribution in [0.5, 0.6) is 11.5 Å². The SMILES string of the molecule is COc1ccnc2c1OC(S)N(c1nc3ccc(Sc4ccccc4)cc3s1)C2=O. The average Bonchev–Trinajstić information content (AvgIpc) is 3.17. The van der Waals surface area contributed by atoms with E-state index >= 15 is 0 Å². The van der Waals surface area contributed by atoms with Crippen molar-refractivity contribution in [1.29, 1.82) is 0 Å². The summed E-state index contributed by atoms with van der Waals surface area (Å²) in [7, 11) is 1.52. The zero-order chi connectivity index (χ0) is 20.7. The van der Waals surface area contributed by atoms with Crippen molar-refractivity contribution in [3.05, 3.63) is 66.5 Å². The van der Waals surface area contributed by atoms with Crippen molar-refractivity contribution >= 4 is 57.0 Å². The fraction of sp³-hybridized carbons (Fsp3) is 0.0952. The predicted molar refractivity (Wildman–Crippen MR) is 121 cm³/mol. The van der Waals surface area contributed by atoms with E-state index in [9.17, 15) is 4.79 Å². The van der Waals surface area contributed by atoms with Gasteiger partial charge in [0.2, 0.25) is 5.56 Å². The maximum absolute atomic E-state index is 13.1. The van der Waals surface area contributed by atoms with Crippen LogP contribution in [0.3, 0.4) is 0 Å². The normalized spacial score (nSPS) is 15.7. The Hall–Kier alpha value is -2.75. The number of thiazole rings is 1. The highest BCUT2D eigenvalue weighted by atomic mass is 32.2. The molecule has 1 amide bonds.